The summed E-state index contributed by atoms with van der Waals surface area (Å²) in [6, 6.07) is 61.5. The predicted octanol–water partition coefficient (Wildman–Crippen LogP) is 13.1. The second kappa shape index (κ2) is 12.0. The van der Waals surface area contributed by atoms with E-state index < -0.39 is 6.17 Å². The number of hydrogen-bond donors (Lipinski definition) is 1. The van der Waals surface area contributed by atoms with E-state index in [-0.39, 0.29) is 0 Å². The van der Waals surface area contributed by atoms with Crippen LogP contribution in [0, 0.1) is 0 Å². The lowest BCUT2D eigenvalue weighted by molar-refractivity contribution is 0.667. The third-order valence-electron chi connectivity index (χ3n) is 11.3. The Balaban J connectivity index is 1.06. The minimum atomic E-state index is -0.530. The van der Waals surface area contributed by atoms with Crippen molar-refractivity contribution in [2.45, 2.75) is 6.17 Å². The highest BCUT2D eigenvalue weighted by atomic mass is 16.3. The predicted molar refractivity (Wildman–Crippen MR) is 231 cm³/mol. The van der Waals surface area contributed by atoms with E-state index in [1.54, 1.807) is 0 Å². The van der Waals surface area contributed by atoms with Crippen LogP contribution in [0.15, 0.2) is 195 Å². The molecule has 1 N–H and O–H groups in total. The van der Waals surface area contributed by atoms with Gasteiger partial charge in [0.1, 0.15) is 34.0 Å². The fourth-order valence-corrected chi connectivity index (χ4v) is 8.65. The molecule has 11 aromatic rings. The van der Waals surface area contributed by atoms with Crippen molar-refractivity contribution in [2.75, 3.05) is 0 Å². The summed E-state index contributed by atoms with van der Waals surface area (Å²) in [6.07, 6.45) is -0.530. The number of nitrogens with one attached hydrogen (secondary N) is 1. The zero-order chi connectivity index (χ0) is 36.7. The molecule has 56 heavy (non-hydrogen) atoms. The van der Waals surface area contributed by atoms with E-state index in [1.807, 2.05) is 30.3 Å². The van der Waals surface area contributed by atoms with Gasteiger partial charge in [-0.15, -0.1) is 0 Å². The van der Waals surface area contributed by atoms with Gasteiger partial charge in [0.15, 0.2) is 6.17 Å². The van der Waals surface area contributed by atoms with E-state index in [4.69, 9.17) is 18.8 Å². The summed E-state index contributed by atoms with van der Waals surface area (Å²) >= 11 is 0. The molecule has 12 rings (SSSR count). The van der Waals surface area contributed by atoms with E-state index in [2.05, 4.69) is 151 Å². The Morgan fingerprint density at radius 3 is 1.91 bits per heavy atom. The Hall–Kier alpha value is -7.50. The molecule has 1 unspecified atom stereocenters. The molecule has 262 valence electrons. The number of furan rings is 2. The fourth-order valence-electron chi connectivity index (χ4n) is 8.65. The lowest BCUT2D eigenvalue weighted by Crippen LogP contribution is -2.36. The van der Waals surface area contributed by atoms with E-state index in [0.29, 0.717) is 0 Å². The van der Waals surface area contributed by atoms with Crippen LogP contribution in [-0.2, 0) is 0 Å². The smallest absolute Gasteiger partial charge is 0.170 e. The van der Waals surface area contributed by atoms with Gasteiger partial charge in [-0.25, -0.2) is 9.98 Å². The number of hydrogen-bond acceptors (Lipinski definition) is 5. The minimum absolute atomic E-state index is 0.530. The monoisotopic (exact) mass is 717 g/mol. The topological polar surface area (TPSA) is 63.0 Å². The first-order valence-corrected chi connectivity index (χ1v) is 18.9. The van der Waals surface area contributed by atoms with Gasteiger partial charge in [0.2, 0.25) is 0 Å². The second-order valence-electron chi connectivity index (χ2n) is 14.5. The first-order chi connectivity index (χ1) is 27.7. The van der Waals surface area contributed by atoms with Gasteiger partial charge in [-0.2, -0.15) is 0 Å². The minimum Gasteiger partial charge on any atom is -0.456 e. The third-order valence-corrected chi connectivity index (χ3v) is 11.3. The molecule has 0 saturated carbocycles. The number of rotatable bonds is 4. The first kappa shape index (κ1) is 30.9. The average molecular weight is 718 g/mol. The van der Waals surface area contributed by atoms with E-state index in [0.717, 1.165) is 88.8 Å². The quantitative estimate of drug-likeness (QED) is 0.184. The number of amidine groups is 2. The molecule has 0 fully saturated rings. The summed E-state index contributed by atoms with van der Waals surface area (Å²) in [5.41, 5.74) is 8.40. The van der Waals surface area contributed by atoms with Crippen molar-refractivity contribution in [1.29, 1.82) is 0 Å². The number of para-hydroxylation sites is 1. The molecule has 1 atom stereocenters. The van der Waals surface area contributed by atoms with Gasteiger partial charge in [-0.3, -0.25) is 0 Å². The van der Waals surface area contributed by atoms with Crippen molar-refractivity contribution >= 4 is 87.9 Å². The molecule has 0 saturated heterocycles. The second-order valence-corrected chi connectivity index (χ2v) is 14.5. The molecule has 1 aliphatic rings. The number of benzene rings is 9. The van der Waals surface area contributed by atoms with E-state index >= 15 is 0 Å². The van der Waals surface area contributed by atoms with Gasteiger partial charge in [-0.1, -0.05) is 146 Å². The number of fused-ring (bicyclic) bond motifs is 11. The van der Waals surface area contributed by atoms with Crippen LogP contribution in [0.5, 0.6) is 0 Å². The Morgan fingerprint density at radius 1 is 0.393 bits per heavy atom. The zero-order valence-electron chi connectivity index (χ0n) is 30.0. The van der Waals surface area contributed by atoms with Crippen LogP contribution in [0.4, 0.5) is 0 Å². The fraction of sp³-hybridized carbons (Fsp3) is 0.0196. The molecule has 0 spiro atoms. The van der Waals surface area contributed by atoms with Crippen molar-refractivity contribution in [3.63, 3.8) is 0 Å². The highest BCUT2D eigenvalue weighted by Crippen LogP contribution is 2.43. The maximum absolute atomic E-state index is 6.79. The van der Waals surface area contributed by atoms with Crippen LogP contribution in [0.3, 0.4) is 0 Å². The maximum Gasteiger partial charge on any atom is 0.170 e. The molecule has 0 amide bonds. The summed E-state index contributed by atoms with van der Waals surface area (Å²) < 4.78 is 13.2. The molecule has 9 aromatic carbocycles. The van der Waals surface area contributed by atoms with Crippen LogP contribution in [0.25, 0.3) is 87.3 Å². The molecule has 5 heteroatoms. The lowest BCUT2D eigenvalue weighted by Gasteiger charge is -2.23. The molecular formula is C51H31N3O2. The third kappa shape index (κ3) is 4.74. The SMILES string of the molecule is c1ccc(C2=NC(c3ccc(-c4ccc5oc6ccc7ccccc7c6c5c4)c4oc5ccccc5c34)N=C(c3ccc4c(ccc5ccccc54)c3)N2)cc1. The standard InChI is InChI=1S/C51H31N3O2/c1-2-12-32(13-3-1)49-52-50(35-20-23-37-33(28-35)19-18-30-10-4-6-14-36(30)37)54-51(53-49)41-25-24-39(48-47(41)40-16-8-9-17-43(40)56-48)34-22-26-44-42(29-34)46-38-15-7-5-11-31(38)21-27-45(46)55-44/h1-29,51H,(H,52,53,54). The van der Waals surface area contributed by atoms with Gasteiger partial charge in [0, 0.05) is 43.8 Å². The normalized spacial score (nSPS) is 14.6. The van der Waals surface area contributed by atoms with Gasteiger partial charge in [-0.05, 0) is 68.2 Å². The summed E-state index contributed by atoms with van der Waals surface area (Å²) in [5.74, 6) is 1.54. The van der Waals surface area contributed by atoms with Crippen molar-refractivity contribution in [2.24, 2.45) is 9.98 Å². The zero-order valence-corrected chi connectivity index (χ0v) is 30.0. The Bertz CT molecular complexity index is 3460. The summed E-state index contributed by atoms with van der Waals surface area (Å²) in [4.78, 5) is 10.7. The number of aliphatic imine (C=N–C) groups is 2. The Labute approximate surface area is 320 Å². The van der Waals surface area contributed by atoms with E-state index in [9.17, 15) is 0 Å². The number of nitrogens with zero attached hydrogens (tertiary/aromatic N) is 2. The summed E-state index contributed by atoms with van der Waals surface area (Å²) in [6.45, 7) is 0. The molecule has 1 aliphatic heterocycles. The van der Waals surface area contributed by atoms with Gasteiger partial charge in [0.05, 0.1) is 0 Å². The lowest BCUT2D eigenvalue weighted by atomic mass is 9.95. The Kier molecular flexibility index (Phi) is 6.63. The Morgan fingerprint density at radius 2 is 1.04 bits per heavy atom. The molecule has 5 nitrogen and oxygen atoms in total. The van der Waals surface area contributed by atoms with E-state index in [1.165, 1.54) is 26.9 Å². The maximum atomic E-state index is 6.79. The molecule has 0 bridgehead atoms. The van der Waals surface area contributed by atoms with Crippen LogP contribution < -0.4 is 5.32 Å². The van der Waals surface area contributed by atoms with Crippen LogP contribution in [-0.4, -0.2) is 11.7 Å². The van der Waals surface area contributed by atoms with Crippen LogP contribution in [0.1, 0.15) is 22.9 Å². The van der Waals surface area contributed by atoms with Crippen LogP contribution >= 0.6 is 0 Å². The molecule has 0 radical (unpaired) electrons. The highest BCUT2D eigenvalue weighted by Gasteiger charge is 2.26. The molecule has 0 aliphatic carbocycles. The van der Waals surface area contributed by atoms with Gasteiger partial charge >= 0.3 is 0 Å². The first-order valence-electron chi connectivity index (χ1n) is 18.9. The molecule has 2 aromatic heterocycles. The molecule has 3 heterocycles. The summed E-state index contributed by atoms with van der Waals surface area (Å²) in [7, 11) is 0. The van der Waals surface area contributed by atoms with Gasteiger partial charge < -0.3 is 14.2 Å². The van der Waals surface area contributed by atoms with Crippen molar-refractivity contribution in [3.8, 4) is 11.1 Å². The highest BCUT2D eigenvalue weighted by molar-refractivity contribution is 6.21. The van der Waals surface area contributed by atoms with Crippen molar-refractivity contribution in [1.82, 2.24) is 5.32 Å². The van der Waals surface area contributed by atoms with Crippen molar-refractivity contribution in [3.05, 3.63) is 193 Å². The molecular weight excluding hydrogens is 687 g/mol. The average Bonchev–Trinajstić information content (AvgIpc) is 3.85. The van der Waals surface area contributed by atoms with Gasteiger partial charge in [0.25, 0.3) is 0 Å². The largest absolute Gasteiger partial charge is 0.456 e. The van der Waals surface area contributed by atoms with Crippen LogP contribution in [0.2, 0.25) is 0 Å². The van der Waals surface area contributed by atoms with Crippen molar-refractivity contribution < 1.29 is 8.83 Å². The summed E-state index contributed by atoms with van der Waals surface area (Å²) in [5, 5.41) is 15.1.